The van der Waals surface area contributed by atoms with Crippen LogP contribution in [0.25, 0.3) is 10.9 Å². The predicted octanol–water partition coefficient (Wildman–Crippen LogP) is 2.67. The van der Waals surface area contributed by atoms with E-state index in [0.29, 0.717) is 0 Å². The van der Waals surface area contributed by atoms with Crippen LogP contribution in [0, 0.1) is 13.8 Å². The van der Waals surface area contributed by atoms with E-state index in [4.69, 9.17) is 0 Å². The summed E-state index contributed by atoms with van der Waals surface area (Å²) in [6, 6.07) is 9.87. The minimum atomic E-state index is -0.658. The maximum absolute atomic E-state index is 10.5. The average Bonchev–Trinajstić information content (AvgIpc) is 2.77. The van der Waals surface area contributed by atoms with Crippen LogP contribution in [0.5, 0.6) is 0 Å². The normalized spacial score (nSPS) is 12.8. The Hall–Kier alpha value is -2.20. The van der Waals surface area contributed by atoms with Gasteiger partial charge < -0.3 is 5.11 Å². The SMILES string of the molecule is Cc1ccc2cc(C(O)c3cnn(C)c3C)ccc2n1. The van der Waals surface area contributed by atoms with Gasteiger partial charge in [0.25, 0.3) is 0 Å². The number of pyridine rings is 1. The molecule has 1 N–H and O–H groups in total. The molecule has 2 heterocycles. The summed E-state index contributed by atoms with van der Waals surface area (Å²) in [4.78, 5) is 4.47. The lowest BCUT2D eigenvalue weighted by Gasteiger charge is -2.11. The zero-order chi connectivity index (χ0) is 14.3. The lowest BCUT2D eigenvalue weighted by Crippen LogP contribution is -2.02. The molecule has 0 bridgehead atoms. The third-order valence-corrected chi connectivity index (χ3v) is 3.74. The van der Waals surface area contributed by atoms with Gasteiger partial charge in [-0.05, 0) is 37.6 Å². The molecule has 0 amide bonds. The molecule has 4 heteroatoms. The molecular formula is C16H17N3O. The number of hydrogen-bond donors (Lipinski definition) is 1. The van der Waals surface area contributed by atoms with Crippen LogP contribution < -0.4 is 0 Å². The van der Waals surface area contributed by atoms with Crippen LogP contribution in [0.2, 0.25) is 0 Å². The number of fused-ring (bicyclic) bond motifs is 1. The molecule has 0 saturated heterocycles. The molecular weight excluding hydrogens is 250 g/mol. The van der Waals surface area contributed by atoms with Crippen molar-refractivity contribution in [3.63, 3.8) is 0 Å². The van der Waals surface area contributed by atoms with Gasteiger partial charge in [-0.3, -0.25) is 9.67 Å². The minimum absolute atomic E-state index is 0.658. The Bertz CT molecular complexity index is 776. The Labute approximate surface area is 117 Å². The molecule has 0 radical (unpaired) electrons. The van der Waals surface area contributed by atoms with Crippen molar-refractivity contribution in [1.82, 2.24) is 14.8 Å². The molecule has 102 valence electrons. The Morgan fingerprint density at radius 1 is 1.15 bits per heavy atom. The summed E-state index contributed by atoms with van der Waals surface area (Å²) in [6.45, 7) is 3.93. The fraction of sp³-hybridized carbons (Fsp3) is 0.250. The highest BCUT2D eigenvalue weighted by atomic mass is 16.3. The summed E-state index contributed by atoms with van der Waals surface area (Å²) < 4.78 is 1.77. The predicted molar refractivity (Wildman–Crippen MR) is 78.5 cm³/mol. The van der Waals surface area contributed by atoms with Crippen LogP contribution in [-0.2, 0) is 7.05 Å². The Kier molecular flexibility index (Phi) is 3.03. The Morgan fingerprint density at radius 3 is 2.65 bits per heavy atom. The number of aliphatic hydroxyl groups excluding tert-OH is 1. The highest BCUT2D eigenvalue weighted by Crippen LogP contribution is 2.26. The zero-order valence-corrected chi connectivity index (χ0v) is 11.8. The quantitative estimate of drug-likeness (QED) is 0.776. The highest BCUT2D eigenvalue weighted by molar-refractivity contribution is 5.79. The Morgan fingerprint density at radius 2 is 1.95 bits per heavy atom. The van der Waals surface area contributed by atoms with Gasteiger partial charge in [-0.2, -0.15) is 5.10 Å². The third kappa shape index (κ3) is 2.08. The summed E-state index contributed by atoms with van der Waals surface area (Å²) in [6.07, 6.45) is 1.06. The van der Waals surface area contributed by atoms with Gasteiger partial charge in [0, 0.05) is 29.4 Å². The van der Waals surface area contributed by atoms with Gasteiger partial charge in [0.05, 0.1) is 11.7 Å². The molecule has 4 nitrogen and oxygen atoms in total. The van der Waals surface area contributed by atoms with Crippen molar-refractivity contribution in [3.05, 3.63) is 59.0 Å². The average molecular weight is 267 g/mol. The molecule has 1 unspecified atom stereocenters. The smallest absolute Gasteiger partial charge is 0.107 e. The second-order valence-electron chi connectivity index (χ2n) is 5.12. The van der Waals surface area contributed by atoms with Crippen LogP contribution in [0.4, 0.5) is 0 Å². The first-order chi connectivity index (χ1) is 9.56. The highest BCUT2D eigenvalue weighted by Gasteiger charge is 2.16. The van der Waals surface area contributed by atoms with Crippen molar-refractivity contribution in [1.29, 1.82) is 0 Å². The number of aromatic nitrogens is 3. The first kappa shape index (κ1) is 12.8. The van der Waals surface area contributed by atoms with Crippen molar-refractivity contribution < 1.29 is 5.11 Å². The number of aryl methyl sites for hydroxylation is 2. The van der Waals surface area contributed by atoms with E-state index in [1.165, 1.54) is 0 Å². The molecule has 3 rings (SSSR count). The fourth-order valence-corrected chi connectivity index (χ4v) is 2.38. The van der Waals surface area contributed by atoms with Gasteiger partial charge in [-0.25, -0.2) is 0 Å². The summed E-state index contributed by atoms with van der Waals surface area (Å²) in [5.74, 6) is 0. The van der Waals surface area contributed by atoms with E-state index in [1.54, 1.807) is 10.9 Å². The largest absolute Gasteiger partial charge is 0.384 e. The van der Waals surface area contributed by atoms with E-state index in [0.717, 1.165) is 33.4 Å². The van der Waals surface area contributed by atoms with Gasteiger partial charge in [0.2, 0.25) is 0 Å². The van der Waals surface area contributed by atoms with Crippen molar-refractivity contribution >= 4 is 10.9 Å². The van der Waals surface area contributed by atoms with Gasteiger partial charge in [-0.15, -0.1) is 0 Å². The van der Waals surface area contributed by atoms with E-state index in [1.807, 2.05) is 51.2 Å². The maximum atomic E-state index is 10.5. The van der Waals surface area contributed by atoms with E-state index < -0.39 is 6.10 Å². The molecule has 20 heavy (non-hydrogen) atoms. The monoisotopic (exact) mass is 267 g/mol. The number of aliphatic hydroxyl groups is 1. The summed E-state index contributed by atoms with van der Waals surface area (Å²) in [5.41, 5.74) is 4.61. The number of benzene rings is 1. The molecule has 0 aliphatic heterocycles. The molecule has 0 saturated carbocycles. The molecule has 0 fully saturated rings. The maximum Gasteiger partial charge on any atom is 0.107 e. The fourth-order valence-electron chi connectivity index (χ4n) is 2.38. The number of hydrogen-bond acceptors (Lipinski definition) is 3. The molecule has 3 aromatic rings. The lowest BCUT2D eigenvalue weighted by molar-refractivity contribution is 0.219. The number of nitrogens with zero attached hydrogens (tertiary/aromatic N) is 3. The molecule has 0 aliphatic rings. The van der Waals surface area contributed by atoms with Crippen molar-refractivity contribution in [2.75, 3.05) is 0 Å². The van der Waals surface area contributed by atoms with Crippen LogP contribution in [-0.4, -0.2) is 19.9 Å². The second-order valence-corrected chi connectivity index (χ2v) is 5.12. The topological polar surface area (TPSA) is 50.9 Å². The number of rotatable bonds is 2. The summed E-state index contributed by atoms with van der Waals surface area (Å²) in [7, 11) is 1.87. The molecule has 0 spiro atoms. The molecule has 1 atom stereocenters. The van der Waals surface area contributed by atoms with Crippen molar-refractivity contribution in [2.24, 2.45) is 7.05 Å². The van der Waals surface area contributed by atoms with E-state index in [9.17, 15) is 5.11 Å². The first-order valence-electron chi connectivity index (χ1n) is 6.60. The van der Waals surface area contributed by atoms with Gasteiger partial charge in [0.15, 0.2) is 0 Å². The van der Waals surface area contributed by atoms with Gasteiger partial charge in [0.1, 0.15) is 6.10 Å². The Balaban J connectivity index is 2.05. The lowest BCUT2D eigenvalue weighted by atomic mass is 10.0. The molecule has 2 aromatic heterocycles. The summed E-state index contributed by atoms with van der Waals surface area (Å²) in [5, 5.41) is 15.7. The van der Waals surface area contributed by atoms with E-state index >= 15 is 0 Å². The third-order valence-electron chi connectivity index (χ3n) is 3.74. The van der Waals surface area contributed by atoms with Crippen LogP contribution in [0.1, 0.15) is 28.6 Å². The van der Waals surface area contributed by atoms with Crippen LogP contribution >= 0.6 is 0 Å². The molecule has 1 aromatic carbocycles. The zero-order valence-electron chi connectivity index (χ0n) is 11.8. The van der Waals surface area contributed by atoms with Crippen LogP contribution in [0.15, 0.2) is 36.5 Å². The van der Waals surface area contributed by atoms with Gasteiger partial charge in [-0.1, -0.05) is 12.1 Å². The minimum Gasteiger partial charge on any atom is -0.384 e. The van der Waals surface area contributed by atoms with E-state index in [-0.39, 0.29) is 0 Å². The van der Waals surface area contributed by atoms with Crippen molar-refractivity contribution in [3.8, 4) is 0 Å². The summed E-state index contributed by atoms with van der Waals surface area (Å²) >= 11 is 0. The molecule has 0 aliphatic carbocycles. The standard InChI is InChI=1S/C16H17N3O/c1-10-4-5-12-8-13(6-7-15(12)18-10)16(20)14-9-17-19(3)11(14)2/h4-9,16,20H,1-3H3. The first-order valence-corrected chi connectivity index (χ1v) is 6.60. The second kappa shape index (κ2) is 4.72. The van der Waals surface area contributed by atoms with Crippen molar-refractivity contribution in [2.45, 2.75) is 20.0 Å². The van der Waals surface area contributed by atoms with Gasteiger partial charge >= 0.3 is 0 Å². The van der Waals surface area contributed by atoms with E-state index in [2.05, 4.69) is 10.1 Å². The van der Waals surface area contributed by atoms with Crippen LogP contribution in [0.3, 0.4) is 0 Å².